The summed E-state index contributed by atoms with van der Waals surface area (Å²) < 4.78 is 10.3. The van der Waals surface area contributed by atoms with Gasteiger partial charge in [-0.1, -0.05) is 6.42 Å². The molecule has 0 spiro atoms. The number of nitrogens with one attached hydrogen (secondary N) is 2. The van der Waals surface area contributed by atoms with Crippen molar-refractivity contribution < 1.29 is 19.1 Å². The molecule has 6 heteroatoms. The Bertz CT molecular complexity index is 379. The summed E-state index contributed by atoms with van der Waals surface area (Å²) in [5.41, 5.74) is -0.490. The van der Waals surface area contributed by atoms with E-state index >= 15 is 0 Å². The molecule has 0 saturated heterocycles. The molecule has 1 aliphatic rings. The van der Waals surface area contributed by atoms with Crippen LogP contribution in [-0.2, 0) is 14.3 Å². The standard InChI is InChI=1S/C16H30N2O4/c1-6-21-14(19)11(2)18-13-9-7-8-12(13)10-17-15(20)22-16(3,4)5/h11-13,18H,6-10H2,1-5H3,(H,17,20). The van der Waals surface area contributed by atoms with Crippen LogP contribution in [-0.4, -0.2) is 42.9 Å². The quantitative estimate of drug-likeness (QED) is 0.735. The summed E-state index contributed by atoms with van der Waals surface area (Å²) >= 11 is 0. The van der Waals surface area contributed by atoms with E-state index in [4.69, 9.17) is 9.47 Å². The molecule has 0 heterocycles. The largest absolute Gasteiger partial charge is 0.465 e. The molecule has 1 saturated carbocycles. The second-order valence-corrected chi connectivity index (χ2v) is 6.82. The lowest BCUT2D eigenvalue weighted by atomic mass is 10.0. The van der Waals surface area contributed by atoms with Gasteiger partial charge in [0, 0.05) is 12.6 Å². The molecule has 3 unspecified atom stereocenters. The third-order valence-electron chi connectivity index (χ3n) is 3.67. The highest BCUT2D eigenvalue weighted by atomic mass is 16.6. The van der Waals surface area contributed by atoms with Crippen molar-refractivity contribution in [2.24, 2.45) is 5.92 Å². The van der Waals surface area contributed by atoms with Crippen molar-refractivity contribution in [1.29, 1.82) is 0 Å². The summed E-state index contributed by atoms with van der Waals surface area (Å²) in [6.45, 7) is 10.1. The minimum atomic E-state index is -0.490. The van der Waals surface area contributed by atoms with Gasteiger partial charge in [-0.3, -0.25) is 4.79 Å². The Kier molecular flexibility index (Phi) is 7.13. The van der Waals surface area contributed by atoms with Crippen LogP contribution in [0.1, 0.15) is 53.9 Å². The first-order valence-electron chi connectivity index (χ1n) is 8.12. The Morgan fingerprint density at radius 3 is 2.55 bits per heavy atom. The molecule has 2 N–H and O–H groups in total. The van der Waals surface area contributed by atoms with E-state index < -0.39 is 11.7 Å². The van der Waals surface area contributed by atoms with Crippen molar-refractivity contribution in [2.75, 3.05) is 13.2 Å². The molecule has 0 aromatic heterocycles. The first-order valence-corrected chi connectivity index (χ1v) is 8.12. The van der Waals surface area contributed by atoms with Gasteiger partial charge in [0.15, 0.2) is 0 Å². The van der Waals surface area contributed by atoms with Crippen LogP contribution in [0.4, 0.5) is 4.79 Å². The molecular formula is C16H30N2O4. The number of alkyl carbamates (subject to hydrolysis) is 1. The molecule has 1 amide bonds. The zero-order chi connectivity index (χ0) is 16.8. The number of amides is 1. The van der Waals surface area contributed by atoms with E-state index in [0.29, 0.717) is 19.1 Å². The molecule has 128 valence electrons. The second kappa shape index (κ2) is 8.36. The number of hydrogen-bond donors (Lipinski definition) is 2. The van der Waals surface area contributed by atoms with Gasteiger partial charge in [-0.15, -0.1) is 0 Å². The maximum atomic E-state index is 11.7. The van der Waals surface area contributed by atoms with Crippen LogP contribution in [0.25, 0.3) is 0 Å². The monoisotopic (exact) mass is 314 g/mol. The molecule has 0 aromatic rings. The lowest BCUT2D eigenvalue weighted by Gasteiger charge is -2.25. The summed E-state index contributed by atoms with van der Waals surface area (Å²) in [5.74, 6) is 0.0812. The summed E-state index contributed by atoms with van der Waals surface area (Å²) in [4.78, 5) is 23.4. The fourth-order valence-corrected chi connectivity index (χ4v) is 2.69. The Labute approximate surface area is 133 Å². The highest BCUT2D eigenvalue weighted by molar-refractivity contribution is 5.75. The molecule has 1 aliphatic carbocycles. The third-order valence-corrected chi connectivity index (χ3v) is 3.67. The lowest BCUT2D eigenvalue weighted by Crippen LogP contribution is -2.46. The molecule has 0 bridgehead atoms. The van der Waals surface area contributed by atoms with E-state index in [1.54, 1.807) is 6.92 Å². The Balaban J connectivity index is 2.40. The van der Waals surface area contributed by atoms with Crippen LogP contribution < -0.4 is 10.6 Å². The van der Waals surface area contributed by atoms with Crippen molar-refractivity contribution in [3.05, 3.63) is 0 Å². The molecule has 0 radical (unpaired) electrons. The minimum absolute atomic E-state index is 0.217. The number of carbonyl (C=O) groups is 2. The molecule has 0 aromatic carbocycles. The van der Waals surface area contributed by atoms with Gasteiger partial charge in [-0.25, -0.2) is 4.79 Å². The summed E-state index contributed by atoms with van der Waals surface area (Å²) in [6.07, 6.45) is 2.73. The molecule has 1 fully saturated rings. The number of rotatable bonds is 6. The van der Waals surface area contributed by atoms with Crippen molar-refractivity contribution in [2.45, 2.75) is 71.6 Å². The average molecular weight is 314 g/mol. The number of carbonyl (C=O) groups excluding carboxylic acids is 2. The first-order chi connectivity index (χ1) is 10.2. The highest BCUT2D eigenvalue weighted by Crippen LogP contribution is 2.25. The lowest BCUT2D eigenvalue weighted by molar-refractivity contribution is -0.145. The van der Waals surface area contributed by atoms with Crippen LogP contribution in [0.15, 0.2) is 0 Å². The predicted octanol–water partition coefficient (Wildman–Crippen LogP) is 2.22. The molecule has 3 atom stereocenters. The fraction of sp³-hybridized carbons (Fsp3) is 0.875. The van der Waals surface area contributed by atoms with E-state index in [1.165, 1.54) is 0 Å². The minimum Gasteiger partial charge on any atom is -0.465 e. The third kappa shape index (κ3) is 6.64. The van der Waals surface area contributed by atoms with Gasteiger partial charge in [-0.05, 0) is 53.4 Å². The van der Waals surface area contributed by atoms with Crippen molar-refractivity contribution >= 4 is 12.1 Å². The van der Waals surface area contributed by atoms with Crippen molar-refractivity contribution in [3.63, 3.8) is 0 Å². The van der Waals surface area contributed by atoms with Gasteiger partial charge >= 0.3 is 12.1 Å². The van der Waals surface area contributed by atoms with Gasteiger partial charge in [0.05, 0.1) is 6.61 Å². The van der Waals surface area contributed by atoms with Gasteiger partial charge in [-0.2, -0.15) is 0 Å². The number of esters is 1. The molecule has 6 nitrogen and oxygen atoms in total. The Morgan fingerprint density at radius 1 is 1.27 bits per heavy atom. The van der Waals surface area contributed by atoms with Crippen molar-refractivity contribution in [3.8, 4) is 0 Å². The summed E-state index contributed by atoms with van der Waals surface area (Å²) in [6, 6.07) is -0.110. The highest BCUT2D eigenvalue weighted by Gasteiger charge is 2.30. The predicted molar refractivity (Wildman–Crippen MR) is 84.6 cm³/mol. The van der Waals surface area contributed by atoms with E-state index in [-0.39, 0.29) is 18.1 Å². The molecule has 1 rings (SSSR count). The zero-order valence-corrected chi connectivity index (χ0v) is 14.4. The SMILES string of the molecule is CCOC(=O)C(C)NC1CCCC1CNC(=O)OC(C)(C)C. The Morgan fingerprint density at radius 2 is 1.95 bits per heavy atom. The topological polar surface area (TPSA) is 76.7 Å². The first kappa shape index (κ1) is 18.7. The summed E-state index contributed by atoms with van der Waals surface area (Å²) in [7, 11) is 0. The summed E-state index contributed by atoms with van der Waals surface area (Å²) in [5, 5.41) is 6.14. The van der Waals surface area contributed by atoms with Crippen LogP contribution in [0.5, 0.6) is 0 Å². The number of hydrogen-bond acceptors (Lipinski definition) is 5. The second-order valence-electron chi connectivity index (χ2n) is 6.82. The van der Waals surface area contributed by atoms with Crippen LogP contribution in [0.3, 0.4) is 0 Å². The smallest absolute Gasteiger partial charge is 0.407 e. The van der Waals surface area contributed by atoms with Gasteiger partial charge in [0.25, 0.3) is 0 Å². The van der Waals surface area contributed by atoms with Crippen LogP contribution in [0, 0.1) is 5.92 Å². The van der Waals surface area contributed by atoms with Gasteiger partial charge < -0.3 is 20.1 Å². The van der Waals surface area contributed by atoms with E-state index in [1.807, 2.05) is 27.7 Å². The maximum Gasteiger partial charge on any atom is 0.407 e. The van der Waals surface area contributed by atoms with Crippen LogP contribution >= 0.6 is 0 Å². The molecule has 22 heavy (non-hydrogen) atoms. The number of ether oxygens (including phenoxy) is 2. The molecular weight excluding hydrogens is 284 g/mol. The normalized spacial score (nSPS) is 23.0. The van der Waals surface area contributed by atoms with E-state index in [2.05, 4.69) is 10.6 Å². The Hall–Kier alpha value is -1.30. The van der Waals surface area contributed by atoms with Crippen molar-refractivity contribution in [1.82, 2.24) is 10.6 Å². The van der Waals surface area contributed by atoms with Gasteiger partial charge in [0.1, 0.15) is 11.6 Å². The zero-order valence-electron chi connectivity index (χ0n) is 14.4. The fourth-order valence-electron chi connectivity index (χ4n) is 2.69. The average Bonchev–Trinajstić information content (AvgIpc) is 2.82. The van der Waals surface area contributed by atoms with E-state index in [9.17, 15) is 9.59 Å². The van der Waals surface area contributed by atoms with Gasteiger partial charge in [0.2, 0.25) is 0 Å². The van der Waals surface area contributed by atoms with E-state index in [0.717, 1.165) is 19.3 Å². The molecule has 0 aliphatic heterocycles. The maximum absolute atomic E-state index is 11.7. The van der Waals surface area contributed by atoms with Crippen LogP contribution in [0.2, 0.25) is 0 Å².